The van der Waals surface area contributed by atoms with E-state index in [-0.39, 0.29) is 11.0 Å². The average Bonchev–Trinajstić information content (AvgIpc) is 2.64. The van der Waals surface area contributed by atoms with E-state index in [2.05, 4.69) is 0 Å². The lowest BCUT2D eigenvalue weighted by molar-refractivity contribution is 0.603. The second-order valence-electron chi connectivity index (χ2n) is 5.71. The minimum Gasteiger partial charge on any atom is -0.316 e. The number of benzene rings is 3. The molecule has 0 aliphatic carbocycles. The van der Waals surface area contributed by atoms with Gasteiger partial charge in [0.1, 0.15) is 11.6 Å². The summed E-state index contributed by atoms with van der Waals surface area (Å²) in [5, 5.41) is 0.569. The van der Waals surface area contributed by atoms with E-state index in [1.165, 1.54) is 12.1 Å². The maximum atomic E-state index is 14.3. The molecule has 0 aliphatic heterocycles. The molecular weight excluding hydrogens is 320 g/mol. The molecule has 4 aromatic rings. The zero-order chi connectivity index (χ0) is 17.4. The van der Waals surface area contributed by atoms with Gasteiger partial charge in [0.05, 0.1) is 11.2 Å². The lowest BCUT2D eigenvalue weighted by Gasteiger charge is -2.16. The Hall–Kier alpha value is -3.27. The molecule has 0 fully saturated rings. The maximum absolute atomic E-state index is 14.3. The van der Waals surface area contributed by atoms with Gasteiger partial charge in [0.15, 0.2) is 5.43 Å². The first-order valence-electron chi connectivity index (χ1n) is 7.80. The molecule has 0 bridgehead atoms. The number of hydrogen-bond donors (Lipinski definition) is 0. The van der Waals surface area contributed by atoms with Gasteiger partial charge in [-0.3, -0.25) is 4.79 Å². The summed E-state index contributed by atoms with van der Waals surface area (Å²) < 4.78 is 29.8. The van der Waals surface area contributed by atoms with Gasteiger partial charge < -0.3 is 4.57 Å². The van der Waals surface area contributed by atoms with Crippen LogP contribution < -0.4 is 5.43 Å². The molecule has 4 heteroatoms. The van der Waals surface area contributed by atoms with Crippen molar-refractivity contribution in [2.45, 2.75) is 0 Å². The molecule has 0 unspecified atom stereocenters. The SMILES string of the molecule is O=c1ccn(-c2ccccc2-c2cc(F)ccc2F)c2ccccc12. The highest BCUT2D eigenvalue weighted by molar-refractivity contribution is 5.83. The van der Waals surface area contributed by atoms with Crippen LogP contribution in [0.1, 0.15) is 0 Å². The molecule has 3 aromatic carbocycles. The maximum Gasteiger partial charge on any atom is 0.189 e. The fraction of sp³-hybridized carbons (Fsp3) is 0. The second kappa shape index (κ2) is 5.98. The van der Waals surface area contributed by atoms with Gasteiger partial charge in [0.25, 0.3) is 0 Å². The molecule has 0 saturated carbocycles. The minimum absolute atomic E-state index is 0.0822. The van der Waals surface area contributed by atoms with E-state index < -0.39 is 11.6 Å². The van der Waals surface area contributed by atoms with Crippen LogP contribution in [0, 0.1) is 11.6 Å². The van der Waals surface area contributed by atoms with Crippen LogP contribution in [0.15, 0.2) is 83.8 Å². The van der Waals surface area contributed by atoms with Crippen LogP contribution in [-0.2, 0) is 0 Å². The van der Waals surface area contributed by atoms with Gasteiger partial charge in [-0.1, -0.05) is 30.3 Å². The molecule has 4 rings (SSSR count). The summed E-state index contributed by atoms with van der Waals surface area (Å²) in [4.78, 5) is 12.1. The third kappa shape index (κ3) is 2.62. The Kier molecular flexibility index (Phi) is 3.65. The molecule has 0 aliphatic rings. The highest BCUT2D eigenvalue weighted by Crippen LogP contribution is 2.30. The number of pyridine rings is 1. The van der Waals surface area contributed by atoms with E-state index in [1.807, 2.05) is 28.8 Å². The van der Waals surface area contributed by atoms with Crippen LogP contribution in [0.2, 0.25) is 0 Å². The zero-order valence-electron chi connectivity index (χ0n) is 13.1. The lowest BCUT2D eigenvalue weighted by atomic mass is 10.0. The Bertz CT molecular complexity index is 1150. The molecule has 0 saturated heterocycles. The molecular formula is C21H13F2NO. The van der Waals surface area contributed by atoms with Crippen LogP contribution in [0.4, 0.5) is 8.78 Å². The quantitative estimate of drug-likeness (QED) is 0.509. The molecule has 0 N–H and O–H groups in total. The Morgan fingerprint density at radius 1 is 0.760 bits per heavy atom. The van der Waals surface area contributed by atoms with Gasteiger partial charge >= 0.3 is 0 Å². The smallest absolute Gasteiger partial charge is 0.189 e. The summed E-state index contributed by atoms with van der Waals surface area (Å²) >= 11 is 0. The number of hydrogen-bond acceptors (Lipinski definition) is 1. The van der Waals surface area contributed by atoms with Gasteiger partial charge in [-0.15, -0.1) is 0 Å². The molecule has 1 heterocycles. The number of para-hydroxylation sites is 2. The van der Waals surface area contributed by atoms with E-state index in [9.17, 15) is 13.6 Å². The molecule has 0 atom stereocenters. The molecule has 25 heavy (non-hydrogen) atoms. The number of halogens is 2. The number of nitrogens with zero attached hydrogens (tertiary/aromatic N) is 1. The van der Waals surface area contributed by atoms with Crippen molar-refractivity contribution in [3.8, 4) is 16.8 Å². The molecule has 2 nitrogen and oxygen atoms in total. The Balaban J connectivity index is 2.05. The number of rotatable bonds is 2. The van der Waals surface area contributed by atoms with Crippen molar-refractivity contribution in [2.24, 2.45) is 0 Å². The zero-order valence-corrected chi connectivity index (χ0v) is 13.1. The summed E-state index contributed by atoms with van der Waals surface area (Å²) in [5.41, 5.74) is 2.02. The lowest BCUT2D eigenvalue weighted by Crippen LogP contribution is -2.07. The molecule has 122 valence electrons. The van der Waals surface area contributed by atoms with Gasteiger partial charge in [0, 0.05) is 28.8 Å². The molecule has 0 amide bonds. The Morgan fingerprint density at radius 3 is 2.40 bits per heavy atom. The predicted molar refractivity (Wildman–Crippen MR) is 94.9 cm³/mol. The predicted octanol–water partition coefficient (Wildman–Crippen LogP) is 4.94. The van der Waals surface area contributed by atoms with Crippen LogP contribution in [0.5, 0.6) is 0 Å². The van der Waals surface area contributed by atoms with Gasteiger partial charge in [-0.05, 0) is 36.4 Å². The average molecular weight is 333 g/mol. The first kappa shape index (κ1) is 15.3. The Labute approximate surface area is 142 Å². The summed E-state index contributed by atoms with van der Waals surface area (Å²) in [6.45, 7) is 0. The Morgan fingerprint density at radius 2 is 1.52 bits per heavy atom. The second-order valence-corrected chi connectivity index (χ2v) is 5.71. The van der Waals surface area contributed by atoms with Crippen molar-refractivity contribution in [1.29, 1.82) is 0 Å². The van der Waals surface area contributed by atoms with Crippen molar-refractivity contribution in [3.05, 3.63) is 101 Å². The minimum atomic E-state index is -0.504. The summed E-state index contributed by atoms with van der Waals surface area (Å²) in [6.07, 6.45) is 1.65. The molecule has 1 aromatic heterocycles. The fourth-order valence-corrected chi connectivity index (χ4v) is 3.03. The van der Waals surface area contributed by atoms with Crippen molar-refractivity contribution in [3.63, 3.8) is 0 Å². The number of fused-ring (bicyclic) bond motifs is 1. The first-order valence-corrected chi connectivity index (χ1v) is 7.80. The number of aromatic nitrogens is 1. The highest BCUT2D eigenvalue weighted by Gasteiger charge is 2.13. The molecule has 0 spiro atoms. The summed E-state index contributed by atoms with van der Waals surface area (Å²) in [5.74, 6) is -1.00. The van der Waals surface area contributed by atoms with Gasteiger partial charge in [-0.25, -0.2) is 8.78 Å². The van der Waals surface area contributed by atoms with Crippen molar-refractivity contribution < 1.29 is 8.78 Å². The van der Waals surface area contributed by atoms with Crippen molar-refractivity contribution in [1.82, 2.24) is 4.57 Å². The van der Waals surface area contributed by atoms with Crippen LogP contribution in [-0.4, -0.2) is 4.57 Å². The van der Waals surface area contributed by atoms with Crippen LogP contribution in [0.25, 0.3) is 27.7 Å². The van der Waals surface area contributed by atoms with Crippen molar-refractivity contribution in [2.75, 3.05) is 0 Å². The van der Waals surface area contributed by atoms with Crippen LogP contribution >= 0.6 is 0 Å². The topological polar surface area (TPSA) is 22.0 Å². The normalized spacial score (nSPS) is 11.0. The first-order chi connectivity index (χ1) is 12.1. The third-order valence-electron chi connectivity index (χ3n) is 4.19. The molecule has 0 radical (unpaired) electrons. The van der Waals surface area contributed by atoms with E-state index in [0.717, 1.165) is 12.1 Å². The van der Waals surface area contributed by atoms with Gasteiger partial charge in [-0.2, -0.15) is 0 Å². The standard InChI is InChI=1S/C21H13F2NO/c22-14-9-10-18(23)17(13-14)15-5-1-3-7-19(15)24-12-11-21(25)16-6-2-4-8-20(16)24/h1-13H. The van der Waals surface area contributed by atoms with Crippen molar-refractivity contribution >= 4 is 10.9 Å². The van der Waals surface area contributed by atoms with Crippen LogP contribution in [0.3, 0.4) is 0 Å². The third-order valence-corrected chi connectivity index (χ3v) is 4.19. The van der Waals surface area contributed by atoms with E-state index >= 15 is 0 Å². The summed E-state index contributed by atoms with van der Waals surface area (Å²) in [6, 6.07) is 19.2. The fourth-order valence-electron chi connectivity index (χ4n) is 3.03. The van der Waals surface area contributed by atoms with E-state index in [0.29, 0.717) is 22.2 Å². The van der Waals surface area contributed by atoms with Gasteiger partial charge in [0.2, 0.25) is 0 Å². The summed E-state index contributed by atoms with van der Waals surface area (Å²) in [7, 11) is 0. The van der Waals surface area contributed by atoms with E-state index in [1.54, 1.807) is 30.5 Å². The largest absolute Gasteiger partial charge is 0.316 e. The van der Waals surface area contributed by atoms with E-state index in [4.69, 9.17) is 0 Å². The monoisotopic (exact) mass is 333 g/mol. The highest BCUT2D eigenvalue weighted by atomic mass is 19.1.